The van der Waals surface area contributed by atoms with Gasteiger partial charge in [-0.25, -0.2) is 4.68 Å². The zero-order valence-corrected chi connectivity index (χ0v) is 10.8. The number of rotatable bonds is 2. The minimum atomic E-state index is -4.40. The minimum Gasteiger partial charge on any atom is -0.399 e. The van der Waals surface area contributed by atoms with Gasteiger partial charge in [0.1, 0.15) is 0 Å². The molecule has 1 aliphatic carbocycles. The average molecular weight is 304 g/mol. The number of nitrogens with zero attached hydrogens (tertiary/aromatic N) is 4. The summed E-state index contributed by atoms with van der Waals surface area (Å²) in [5.74, 6) is 0.00836. The fourth-order valence-corrected chi connectivity index (χ4v) is 2.37. The van der Waals surface area contributed by atoms with Gasteiger partial charge in [-0.2, -0.15) is 13.2 Å². The van der Waals surface area contributed by atoms with Gasteiger partial charge in [0.15, 0.2) is 11.4 Å². The molecule has 1 fully saturated rings. The van der Waals surface area contributed by atoms with Crippen molar-refractivity contribution in [3.05, 3.63) is 23.2 Å². The molecular formula is C11H9ClF3N5. The lowest BCUT2D eigenvalue weighted by molar-refractivity contribution is -0.182. The Bertz CT molecular complexity index is 642. The van der Waals surface area contributed by atoms with Crippen molar-refractivity contribution in [3.8, 4) is 11.4 Å². The molecule has 0 radical (unpaired) electrons. The van der Waals surface area contributed by atoms with Crippen LogP contribution in [0.15, 0.2) is 18.2 Å². The van der Waals surface area contributed by atoms with Crippen LogP contribution in [0.5, 0.6) is 0 Å². The molecule has 0 saturated heterocycles. The summed E-state index contributed by atoms with van der Waals surface area (Å²) in [6, 6.07) is 4.46. The van der Waals surface area contributed by atoms with Gasteiger partial charge >= 0.3 is 6.18 Å². The smallest absolute Gasteiger partial charge is 0.399 e. The lowest BCUT2D eigenvalue weighted by atomic mass is 10.1. The predicted molar refractivity (Wildman–Crippen MR) is 65.9 cm³/mol. The number of nitrogens with two attached hydrogens (primary N) is 1. The molecule has 1 aromatic heterocycles. The van der Waals surface area contributed by atoms with Crippen LogP contribution in [0, 0.1) is 0 Å². The molecule has 9 heteroatoms. The molecule has 1 aliphatic rings. The quantitative estimate of drug-likeness (QED) is 0.866. The van der Waals surface area contributed by atoms with Gasteiger partial charge in [-0.05, 0) is 41.5 Å². The second-order valence-corrected chi connectivity index (χ2v) is 5.15. The highest BCUT2D eigenvalue weighted by atomic mass is 35.5. The first kappa shape index (κ1) is 13.2. The molecule has 1 saturated carbocycles. The van der Waals surface area contributed by atoms with E-state index in [1.165, 1.54) is 18.2 Å². The highest BCUT2D eigenvalue weighted by molar-refractivity contribution is 6.31. The molecule has 1 aromatic carbocycles. The molecule has 0 aliphatic heterocycles. The minimum absolute atomic E-state index is 0.00836. The number of anilines is 1. The third-order valence-corrected chi connectivity index (χ3v) is 3.52. The van der Waals surface area contributed by atoms with E-state index in [9.17, 15) is 13.2 Å². The molecule has 106 valence electrons. The Labute approximate surface area is 116 Å². The highest BCUT2D eigenvalue weighted by Crippen LogP contribution is 2.55. The van der Waals surface area contributed by atoms with Crippen molar-refractivity contribution in [2.75, 3.05) is 5.73 Å². The fraction of sp³-hybridized carbons (Fsp3) is 0.364. The molecule has 0 unspecified atom stereocenters. The first-order valence-corrected chi connectivity index (χ1v) is 6.13. The van der Waals surface area contributed by atoms with Crippen LogP contribution in [0.2, 0.25) is 5.02 Å². The van der Waals surface area contributed by atoms with Gasteiger partial charge in [-0.15, -0.1) is 5.10 Å². The van der Waals surface area contributed by atoms with Crippen LogP contribution in [0.4, 0.5) is 18.9 Å². The van der Waals surface area contributed by atoms with Crippen molar-refractivity contribution in [1.82, 2.24) is 20.2 Å². The summed E-state index contributed by atoms with van der Waals surface area (Å²) < 4.78 is 40.3. The van der Waals surface area contributed by atoms with Gasteiger partial charge in [-0.1, -0.05) is 11.6 Å². The Balaban J connectivity index is 2.12. The van der Waals surface area contributed by atoms with Gasteiger partial charge in [0, 0.05) is 16.3 Å². The summed E-state index contributed by atoms with van der Waals surface area (Å²) in [5, 5.41) is 10.8. The van der Waals surface area contributed by atoms with E-state index in [0.717, 1.165) is 4.68 Å². The molecule has 3 rings (SSSR count). The first-order chi connectivity index (χ1) is 9.33. The van der Waals surface area contributed by atoms with E-state index < -0.39 is 11.7 Å². The Morgan fingerprint density at radius 1 is 1.25 bits per heavy atom. The summed E-state index contributed by atoms with van der Waals surface area (Å²) >= 11 is 5.86. The standard InChI is InChI=1S/C11H9ClF3N5/c12-7-3-6(4-8(16)5-7)9-17-18-19-20(9)10(1-2-10)11(13,14)15/h3-5H,1-2,16H2. The lowest BCUT2D eigenvalue weighted by Crippen LogP contribution is -2.36. The Kier molecular flexibility index (Phi) is 2.69. The summed E-state index contributed by atoms with van der Waals surface area (Å²) in [4.78, 5) is 0. The van der Waals surface area contributed by atoms with Crippen LogP contribution in [-0.4, -0.2) is 26.4 Å². The highest BCUT2D eigenvalue weighted by Gasteiger charge is 2.66. The second-order valence-electron chi connectivity index (χ2n) is 4.72. The molecule has 2 N–H and O–H groups in total. The lowest BCUT2D eigenvalue weighted by Gasteiger charge is -2.20. The van der Waals surface area contributed by atoms with Gasteiger partial charge in [0.25, 0.3) is 0 Å². The molecule has 20 heavy (non-hydrogen) atoms. The second kappa shape index (κ2) is 4.08. The largest absolute Gasteiger partial charge is 0.413 e. The van der Waals surface area contributed by atoms with Crippen molar-refractivity contribution < 1.29 is 13.2 Å². The molecule has 1 heterocycles. The number of hydrogen-bond donors (Lipinski definition) is 1. The third-order valence-electron chi connectivity index (χ3n) is 3.30. The van der Waals surface area contributed by atoms with Gasteiger partial charge < -0.3 is 5.73 Å². The molecule has 0 atom stereocenters. The van der Waals surface area contributed by atoms with Gasteiger partial charge in [-0.3, -0.25) is 0 Å². The van der Waals surface area contributed by atoms with Crippen LogP contribution >= 0.6 is 11.6 Å². The summed E-state index contributed by atoms with van der Waals surface area (Å²) in [6.07, 6.45) is -4.48. The molecule has 0 bridgehead atoms. The monoisotopic (exact) mass is 303 g/mol. The SMILES string of the molecule is Nc1cc(Cl)cc(-c2nnnn2C2(C(F)(F)F)CC2)c1. The summed E-state index contributed by atoms with van der Waals surface area (Å²) in [6.45, 7) is 0. The zero-order valence-electron chi connectivity index (χ0n) is 10.0. The van der Waals surface area contributed by atoms with E-state index in [-0.39, 0.29) is 18.7 Å². The number of benzene rings is 1. The van der Waals surface area contributed by atoms with E-state index in [0.29, 0.717) is 16.3 Å². The van der Waals surface area contributed by atoms with Crippen molar-refractivity contribution >= 4 is 17.3 Å². The van der Waals surface area contributed by atoms with Crippen LogP contribution < -0.4 is 5.73 Å². The number of hydrogen-bond acceptors (Lipinski definition) is 4. The molecule has 0 amide bonds. The van der Waals surface area contributed by atoms with E-state index in [2.05, 4.69) is 15.5 Å². The maximum absolute atomic E-state index is 13.1. The first-order valence-electron chi connectivity index (χ1n) is 5.75. The Morgan fingerprint density at radius 3 is 2.50 bits per heavy atom. The summed E-state index contributed by atoms with van der Waals surface area (Å²) in [5.41, 5.74) is 4.32. The molecule has 2 aromatic rings. The number of aromatic nitrogens is 4. The van der Waals surface area contributed by atoms with Crippen molar-refractivity contribution in [2.24, 2.45) is 0 Å². The number of nitrogen functional groups attached to an aromatic ring is 1. The maximum Gasteiger partial charge on any atom is 0.413 e. The zero-order chi connectivity index (χ0) is 14.5. The average Bonchev–Trinajstić information content (AvgIpc) is 2.99. The van der Waals surface area contributed by atoms with E-state index in [4.69, 9.17) is 17.3 Å². The van der Waals surface area contributed by atoms with Gasteiger partial charge in [0.2, 0.25) is 0 Å². The third kappa shape index (κ3) is 1.91. The van der Waals surface area contributed by atoms with Crippen molar-refractivity contribution in [1.29, 1.82) is 0 Å². The molecular weight excluding hydrogens is 295 g/mol. The van der Waals surface area contributed by atoms with Crippen molar-refractivity contribution in [3.63, 3.8) is 0 Å². The maximum atomic E-state index is 13.1. The normalized spacial score (nSPS) is 17.2. The van der Waals surface area contributed by atoms with Gasteiger partial charge in [0.05, 0.1) is 0 Å². The van der Waals surface area contributed by atoms with Crippen molar-refractivity contribution in [2.45, 2.75) is 24.6 Å². The topological polar surface area (TPSA) is 69.6 Å². The van der Waals surface area contributed by atoms with E-state index in [1.807, 2.05) is 0 Å². The summed E-state index contributed by atoms with van der Waals surface area (Å²) in [7, 11) is 0. The Hall–Kier alpha value is -1.83. The fourth-order valence-electron chi connectivity index (χ4n) is 2.13. The van der Waals surface area contributed by atoms with E-state index >= 15 is 0 Å². The van der Waals surface area contributed by atoms with Crippen LogP contribution in [-0.2, 0) is 5.54 Å². The van der Waals surface area contributed by atoms with Crippen LogP contribution in [0.3, 0.4) is 0 Å². The molecule has 0 spiro atoms. The molecule has 5 nitrogen and oxygen atoms in total. The number of alkyl halides is 3. The predicted octanol–water partition coefficient (Wildman–Crippen LogP) is 2.63. The number of tetrazole rings is 1. The Morgan fingerprint density at radius 2 is 1.95 bits per heavy atom. The van der Waals surface area contributed by atoms with Crippen LogP contribution in [0.1, 0.15) is 12.8 Å². The number of halogens is 4. The van der Waals surface area contributed by atoms with E-state index in [1.54, 1.807) is 0 Å². The van der Waals surface area contributed by atoms with Crippen LogP contribution in [0.25, 0.3) is 11.4 Å².